The third-order valence-electron chi connectivity index (χ3n) is 3.15. The molecule has 1 aliphatic heterocycles. The van der Waals surface area contributed by atoms with Crippen LogP contribution in [0, 0.1) is 5.92 Å². The maximum Gasteiger partial charge on any atom is 0.410 e. The zero-order chi connectivity index (χ0) is 15.9. The van der Waals surface area contributed by atoms with Crippen LogP contribution in [-0.4, -0.2) is 65.5 Å². The van der Waals surface area contributed by atoms with Crippen LogP contribution in [-0.2, 0) is 4.74 Å². The molecule has 1 aliphatic rings. The molecule has 0 spiro atoms. The molecule has 2 N–H and O–H groups in total. The van der Waals surface area contributed by atoms with Crippen molar-refractivity contribution in [3.8, 4) is 0 Å². The standard InChI is InChI=1S/C15H30N2O3S/c1-12(18)10-17(14(19)20-15(2,3)4)7-6-16-9-13-5-8-21-11-13/h12-13,16,18H,5-11H2,1-4H3. The van der Waals surface area contributed by atoms with Gasteiger partial charge >= 0.3 is 6.09 Å². The number of ether oxygens (including phenoxy) is 1. The molecule has 1 amide bonds. The van der Waals surface area contributed by atoms with E-state index in [0.717, 1.165) is 19.0 Å². The van der Waals surface area contributed by atoms with E-state index in [1.54, 1.807) is 11.8 Å². The molecule has 0 aromatic rings. The zero-order valence-corrected chi connectivity index (χ0v) is 14.5. The number of nitrogens with zero attached hydrogens (tertiary/aromatic N) is 1. The second-order valence-corrected chi connectivity index (χ2v) is 7.86. The van der Waals surface area contributed by atoms with Crippen molar-refractivity contribution in [3.63, 3.8) is 0 Å². The highest BCUT2D eigenvalue weighted by atomic mass is 32.2. The molecule has 1 heterocycles. The van der Waals surface area contributed by atoms with E-state index in [1.165, 1.54) is 17.9 Å². The largest absolute Gasteiger partial charge is 0.444 e. The first-order valence-electron chi connectivity index (χ1n) is 7.72. The zero-order valence-electron chi connectivity index (χ0n) is 13.7. The number of carbonyl (C=O) groups excluding carboxylic acids is 1. The van der Waals surface area contributed by atoms with Gasteiger partial charge in [-0.2, -0.15) is 11.8 Å². The highest BCUT2D eigenvalue weighted by Crippen LogP contribution is 2.22. The molecule has 124 valence electrons. The van der Waals surface area contributed by atoms with Crippen LogP contribution in [0.5, 0.6) is 0 Å². The summed E-state index contributed by atoms with van der Waals surface area (Å²) in [6, 6.07) is 0. The second-order valence-electron chi connectivity index (χ2n) is 6.71. The molecule has 2 unspecified atom stereocenters. The van der Waals surface area contributed by atoms with E-state index in [4.69, 9.17) is 4.74 Å². The Labute approximate surface area is 132 Å². The number of aliphatic hydroxyl groups excluding tert-OH is 1. The molecule has 6 heteroatoms. The summed E-state index contributed by atoms with van der Waals surface area (Å²) in [7, 11) is 0. The van der Waals surface area contributed by atoms with Crippen LogP contribution < -0.4 is 5.32 Å². The number of aliphatic hydroxyl groups is 1. The van der Waals surface area contributed by atoms with Crippen molar-refractivity contribution in [2.75, 3.05) is 37.7 Å². The summed E-state index contributed by atoms with van der Waals surface area (Å²) in [5, 5.41) is 12.9. The minimum atomic E-state index is -0.552. The molecule has 1 rings (SSSR count). The highest BCUT2D eigenvalue weighted by molar-refractivity contribution is 7.99. The average molecular weight is 318 g/mol. The Morgan fingerprint density at radius 3 is 2.76 bits per heavy atom. The Bertz CT molecular complexity index is 313. The second kappa shape index (κ2) is 8.86. The quantitative estimate of drug-likeness (QED) is 0.703. The van der Waals surface area contributed by atoms with Gasteiger partial charge in [-0.25, -0.2) is 4.79 Å². The van der Waals surface area contributed by atoms with Gasteiger partial charge in [0.2, 0.25) is 0 Å². The molecule has 0 radical (unpaired) electrons. The van der Waals surface area contributed by atoms with Gasteiger partial charge in [0.25, 0.3) is 0 Å². The Kier molecular flexibility index (Phi) is 7.84. The Morgan fingerprint density at radius 2 is 2.24 bits per heavy atom. The van der Waals surface area contributed by atoms with Crippen LogP contribution in [0.4, 0.5) is 4.79 Å². The minimum Gasteiger partial charge on any atom is -0.444 e. The number of rotatable bonds is 7. The molecule has 0 aromatic carbocycles. The molecular weight excluding hydrogens is 288 g/mol. The van der Waals surface area contributed by atoms with Crippen molar-refractivity contribution in [1.29, 1.82) is 0 Å². The monoisotopic (exact) mass is 318 g/mol. The molecule has 0 bridgehead atoms. The number of hydrogen-bond acceptors (Lipinski definition) is 5. The maximum atomic E-state index is 12.1. The number of nitrogens with one attached hydrogen (secondary N) is 1. The van der Waals surface area contributed by atoms with Crippen molar-refractivity contribution in [2.45, 2.75) is 45.8 Å². The Morgan fingerprint density at radius 1 is 1.52 bits per heavy atom. The minimum absolute atomic E-state index is 0.301. The van der Waals surface area contributed by atoms with Crippen molar-refractivity contribution >= 4 is 17.9 Å². The lowest BCUT2D eigenvalue weighted by Gasteiger charge is -2.28. The summed E-state index contributed by atoms with van der Waals surface area (Å²) in [5.74, 6) is 3.25. The van der Waals surface area contributed by atoms with Gasteiger partial charge in [-0.05, 0) is 58.1 Å². The predicted molar refractivity (Wildman–Crippen MR) is 87.8 cm³/mol. The van der Waals surface area contributed by atoms with Crippen LogP contribution in [0.25, 0.3) is 0 Å². The summed E-state index contributed by atoms with van der Waals surface area (Å²) in [6.07, 6.45) is 0.367. The molecule has 1 fully saturated rings. The van der Waals surface area contributed by atoms with Gasteiger partial charge in [0.15, 0.2) is 0 Å². The lowest BCUT2D eigenvalue weighted by atomic mass is 10.1. The van der Waals surface area contributed by atoms with Crippen molar-refractivity contribution in [1.82, 2.24) is 10.2 Å². The van der Waals surface area contributed by atoms with Crippen molar-refractivity contribution in [3.05, 3.63) is 0 Å². The summed E-state index contributed by atoms with van der Waals surface area (Å²) < 4.78 is 5.38. The fraction of sp³-hybridized carbons (Fsp3) is 0.933. The third kappa shape index (κ3) is 8.53. The molecule has 0 aromatic heterocycles. The van der Waals surface area contributed by atoms with Crippen LogP contribution >= 0.6 is 11.8 Å². The van der Waals surface area contributed by atoms with Gasteiger partial charge < -0.3 is 20.1 Å². The lowest BCUT2D eigenvalue weighted by Crippen LogP contribution is -2.44. The summed E-state index contributed by atoms with van der Waals surface area (Å²) >= 11 is 2.01. The van der Waals surface area contributed by atoms with E-state index >= 15 is 0 Å². The van der Waals surface area contributed by atoms with Crippen LogP contribution in [0.2, 0.25) is 0 Å². The smallest absolute Gasteiger partial charge is 0.410 e. The van der Waals surface area contributed by atoms with Crippen LogP contribution in [0.1, 0.15) is 34.1 Å². The van der Waals surface area contributed by atoms with E-state index in [0.29, 0.717) is 13.1 Å². The molecular formula is C15H30N2O3S. The first-order chi connectivity index (χ1) is 9.78. The number of amides is 1. The molecule has 0 aliphatic carbocycles. The predicted octanol–water partition coefficient (Wildman–Crippen LogP) is 1.95. The molecule has 1 saturated heterocycles. The molecule has 21 heavy (non-hydrogen) atoms. The first-order valence-corrected chi connectivity index (χ1v) is 8.88. The van der Waals surface area contributed by atoms with Gasteiger partial charge in [0, 0.05) is 19.6 Å². The third-order valence-corrected chi connectivity index (χ3v) is 4.38. The van der Waals surface area contributed by atoms with Gasteiger partial charge in [-0.1, -0.05) is 0 Å². The summed E-state index contributed by atoms with van der Waals surface area (Å²) in [5.41, 5.74) is -0.511. The number of thioether (sulfide) groups is 1. The van der Waals surface area contributed by atoms with E-state index in [9.17, 15) is 9.90 Å². The summed E-state index contributed by atoms with van der Waals surface area (Å²) in [6.45, 7) is 9.82. The van der Waals surface area contributed by atoms with E-state index < -0.39 is 11.7 Å². The molecule has 0 saturated carbocycles. The van der Waals surface area contributed by atoms with Gasteiger partial charge in [0.1, 0.15) is 5.60 Å². The normalized spacial score (nSPS) is 20.3. The van der Waals surface area contributed by atoms with Gasteiger partial charge in [-0.3, -0.25) is 0 Å². The van der Waals surface area contributed by atoms with E-state index in [-0.39, 0.29) is 6.09 Å². The fourth-order valence-electron chi connectivity index (χ4n) is 2.17. The molecule has 5 nitrogen and oxygen atoms in total. The number of hydrogen-bond donors (Lipinski definition) is 2. The van der Waals surface area contributed by atoms with Crippen LogP contribution in [0.3, 0.4) is 0 Å². The van der Waals surface area contributed by atoms with Crippen molar-refractivity contribution in [2.24, 2.45) is 5.92 Å². The van der Waals surface area contributed by atoms with Crippen LogP contribution in [0.15, 0.2) is 0 Å². The van der Waals surface area contributed by atoms with Crippen molar-refractivity contribution < 1.29 is 14.6 Å². The Hall–Kier alpha value is -0.460. The maximum absolute atomic E-state index is 12.1. The lowest BCUT2D eigenvalue weighted by molar-refractivity contribution is 0.0164. The number of carbonyl (C=O) groups is 1. The van der Waals surface area contributed by atoms with E-state index in [2.05, 4.69) is 5.32 Å². The fourth-order valence-corrected chi connectivity index (χ4v) is 3.45. The topological polar surface area (TPSA) is 61.8 Å². The van der Waals surface area contributed by atoms with Gasteiger partial charge in [-0.15, -0.1) is 0 Å². The Balaban J connectivity index is 2.32. The molecule has 2 atom stereocenters. The summed E-state index contributed by atoms with van der Waals surface area (Å²) in [4.78, 5) is 13.7. The van der Waals surface area contributed by atoms with Gasteiger partial charge in [0.05, 0.1) is 6.10 Å². The van der Waals surface area contributed by atoms with E-state index in [1.807, 2.05) is 32.5 Å². The SMILES string of the molecule is CC(O)CN(CCNCC1CCSC1)C(=O)OC(C)(C)C. The highest BCUT2D eigenvalue weighted by Gasteiger charge is 2.23. The average Bonchev–Trinajstić information content (AvgIpc) is 2.83. The first kappa shape index (κ1) is 18.6.